The molecular formula is C13H20N6O. The van der Waals surface area contributed by atoms with Crippen LogP contribution in [0.5, 0.6) is 6.01 Å². The van der Waals surface area contributed by atoms with E-state index in [4.69, 9.17) is 4.74 Å². The molecule has 0 aliphatic rings. The molecular weight excluding hydrogens is 256 g/mol. The molecule has 7 nitrogen and oxygen atoms in total. The van der Waals surface area contributed by atoms with E-state index in [2.05, 4.69) is 32.2 Å². The number of ether oxygens (including phenoxy) is 1. The Bertz CT molecular complexity index is 527. The predicted octanol–water partition coefficient (Wildman–Crippen LogP) is 1.98. The van der Waals surface area contributed by atoms with Crippen LogP contribution in [-0.4, -0.2) is 37.7 Å². The van der Waals surface area contributed by atoms with E-state index in [1.165, 1.54) is 0 Å². The van der Waals surface area contributed by atoms with Gasteiger partial charge in [-0.25, -0.2) is 4.98 Å². The van der Waals surface area contributed by atoms with Crippen LogP contribution in [-0.2, 0) is 0 Å². The number of hydrogen-bond donors (Lipinski definition) is 1. The van der Waals surface area contributed by atoms with Crippen molar-refractivity contribution in [3.05, 3.63) is 18.2 Å². The molecule has 7 heteroatoms. The molecule has 0 saturated heterocycles. The summed E-state index contributed by atoms with van der Waals surface area (Å²) in [6.07, 6.45) is 5.43. The Morgan fingerprint density at radius 1 is 1.20 bits per heavy atom. The van der Waals surface area contributed by atoms with Crippen molar-refractivity contribution in [2.75, 3.05) is 18.5 Å². The van der Waals surface area contributed by atoms with Crippen LogP contribution in [0.25, 0.3) is 5.95 Å². The summed E-state index contributed by atoms with van der Waals surface area (Å²) in [5, 5.41) is 3.16. The lowest BCUT2D eigenvalue weighted by Gasteiger charge is -2.09. The van der Waals surface area contributed by atoms with Gasteiger partial charge in [0.2, 0.25) is 11.9 Å². The molecule has 0 bridgehead atoms. The molecule has 0 aliphatic heterocycles. The fraction of sp³-hybridized carbons (Fsp3) is 0.538. The number of rotatable bonds is 7. The van der Waals surface area contributed by atoms with E-state index in [0.717, 1.165) is 25.2 Å². The van der Waals surface area contributed by atoms with Crippen LogP contribution < -0.4 is 10.1 Å². The third-order valence-electron chi connectivity index (χ3n) is 2.61. The summed E-state index contributed by atoms with van der Waals surface area (Å²) in [6, 6.07) is 0.337. The summed E-state index contributed by atoms with van der Waals surface area (Å²) in [4.78, 5) is 17.1. The maximum Gasteiger partial charge on any atom is 0.323 e. The van der Waals surface area contributed by atoms with E-state index in [-0.39, 0.29) is 0 Å². The molecule has 2 rings (SSSR count). The highest BCUT2D eigenvalue weighted by atomic mass is 16.5. The Morgan fingerprint density at radius 2 is 2.05 bits per heavy atom. The van der Waals surface area contributed by atoms with Gasteiger partial charge in [-0.1, -0.05) is 13.8 Å². The van der Waals surface area contributed by atoms with Crippen LogP contribution in [0.2, 0.25) is 0 Å². The molecule has 0 aromatic carbocycles. The fourth-order valence-electron chi connectivity index (χ4n) is 1.62. The van der Waals surface area contributed by atoms with E-state index >= 15 is 0 Å². The first kappa shape index (κ1) is 14.2. The second kappa shape index (κ2) is 6.83. The van der Waals surface area contributed by atoms with E-state index in [1.807, 2.05) is 20.0 Å². The molecule has 20 heavy (non-hydrogen) atoms. The summed E-state index contributed by atoms with van der Waals surface area (Å²) in [5.41, 5.74) is 0. The average Bonchev–Trinajstić information content (AvgIpc) is 2.89. The SMILES string of the molecule is CCCNc1nc(OCCC)nc(-n2ccnc2C)n1. The molecule has 0 aliphatic carbocycles. The molecule has 2 aromatic heterocycles. The molecule has 108 valence electrons. The van der Waals surface area contributed by atoms with Crippen molar-refractivity contribution in [2.45, 2.75) is 33.6 Å². The first-order valence-corrected chi connectivity index (χ1v) is 6.87. The van der Waals surface area contributed by atoms with Crippen LogP contribution in [0.15, 0.2) is 12.4 Å². The summed E-state index contributed by atoms with van der Waals surface area (Å²) in [6.45, 7) is 7.41. The molecule has 0 unspecified atom stereocenters. The molecule has 2 aromatic rings. The zero-order valence-corrected chi connectivity index (χ0v) is 12.1. The van der Waals surface area contributed by atoms with Gasteiger partial charge in [-0.2, -0.15) is 15.0 Å². The van der Waals surface area contributed by atoms with E-state index in [1.54, 1.807) is 10.8 Å². The van der Waals surface area contributed by atoms with Crippen LogP contribution in [0.1, 0.15) is 32.5 Å². The first-order valence-electron chi connectivity index (χ1n) is 6.87. The highest BCUT2D eigenvalue weighted by Gasteiger charge is 2.10. The van der Waals surface area contributed by atoms with Crippen molar-refractivity contribution >= 4 is 5.95 Å². The Kier molecular flexibility index (Phi) is 4.86. The van der Waals surface area contributed by atoms with Gasteiger partial charge in [0, 0.05) is 18.9 Å². The van der Waals surface area contributed by atoms with Gasteiger partial charge in [0.1, 0.15) is 5.82 Å². The third kappa shape index (κ3) is 3.43. The lowest BCUT2D eigenvalue weighted by atomic mass is 10.5. The van der Waals surface area contributed by atoms with Crippen molar-refractivity contribution < 1.29 is 4.74 Å². The predicted molar refractivity (Wildman–Crippen MR) is 76.3 cm³/mol. The monoisotopic (exact) mass is 276 g/mol. The fourth-order valence-corrected chi connectivity index (χ4v) is 1.62. The minimum Gasteiger partial charge on any atom is -0.463 e. The molecule has 0 atom stereocenters. The second-order valence-electron chi connectivity index (χ2n) is 4.36. The van der Waals surface area contributed by atoms with E-state index in [9.17, 15) is 0 Å². The number of nitrogens with zero attached hydrogens (tertiary/aromatic N) is 5. The Hall–Kier alpha value is -2.18. The number of imidazole rings is 1. The van der Waals surface area contributed by atoms with Crippen LogP contribution in [0, 0.1) is 6.92 Å². The van der Waals surface area contributed by atoms with E-state index < -0.39 is 0 Å². The maximum absolute atomic E-state index is 5.52. The quantitative estimate of drug-likeness (QED) is 0.833. The van der Waals surface area contributed by atoms with Gasteiger partial charge in [-0.3, -0.25) is 4.57 Å². The van der Waals surface area contributed by atoms with Crippen LogP contribution in [0.4, 0.5) is 5.95 Å². The highest BCUT2D eigenvalue weighted by molar-refractivity contribution is 5.31. The molecule has 0 spiro atoms. The Morgan fingerprint density at radius 3 is 2.70 bits per heavy atom. The number of nitrogens with one attached hydrogen (secondary N) is 1. The smallest absolute Gasteiger partial charge is 0.323 e. The maximum atomic E-state index is 5.52. The van der Waals surface area contributed by atoms with Crippen molar-refractivity contribution in [1.29, 1.82) is 0 Å². The molecule has 2 heterocycles. The number of aryl methyl sites for hydroxylation is 1. The highest BCUT2D eigenvalue weighted by Crippen LogP contribution is 2.12. The zero-order valence-electron chi connectivity index (χ0n) is 12.1. The van der Waals surface area contributed by atoms with Crippen molar-refractivity contribution in [1.82, 2.24) is 24.5 Å². The number of anilines is 1. The van der Waals surface area contributed by atoms with Gasteiger partial charge >= 0.3 is 6.01 Å². The lowest BCUT2D eigenvalue weighted by Crippen LogP contribution is -2.12. The van der Waals surface area contributed by atoms with Gasteiger partial charge in [0.15, 0.2) is 0 Å². The topological polar surface area (TPSA) is 77.8 Å². The van der Waals surface area contributed by atoms with Gasteiger partial charge in [-0.15, -0.1) is 0 Å². The second-order valence-corrected chi connectivity index (χ2v) is 4.36. The van der Waals surface area contributed by atoms with Crippen molar-refractivity contribution in [3.63, 3.8) is 0 Å². The molecule has 0 fully saturated rings. The normalized spacial score (nSPS) is 10.6. The zero-order chi connectivity index (χ0) is 14.4. The Balaban J connectivity index is 2.32. The average molecular weight is 276 g/mol. The standard InChI is InChI=1S/C13H20N6O/c1-4-6-15-11-16-12(19-8-7-14-10(19)3)18-13(17-11)20-9-5-2/h7-8H,4-6,9H2,1-3H3,(H,15,16,17,18). The number of hydrogen-bond acceptors (Lipinski definition) is 6. The van der Waals surface area contributed by atoms with E-state index in [0.29, 0.717) is 24.5 Å². The summed E-state index contributed by atoms with van der Waals surface area (Å²) >= 11 is 0. The lowest BCUT2D eigenvalue weighted by molar-refractivity contribution is 0.291. The first-order chi connectivity index (χ1) is 9.74. The molecule has 0 amide bonds. The third-order valence-corrected chi connectivity index (χ3v) is 2.61. The minimum atomic E-state index is 0.337. The van der Waals surface area contributed by atoms with Crippen molar-refractivity contribution in [3.8, 4) is 12.0 Å². The summed E-state index contributed by atoms with van der Waals surface area (Å²) in [5.74, 6) is 1.86. The Labute approximate surface area is 118 Å². The van der Waals surface area contributed by atoms with Gasteiger partial charge in [0.25, 0.3) is 0 Å². The summed E-state index contributed by atoms with van der Waals surface area (Å²) in [7, 11) is 0. The molecule has 0 radical (unpaired) electrons. The molecule has 1 N–H and O–H groups in total. The van der Waals surface area contributed by atoms with Crippen LogP contribution >= 0.6 is 0 Å². The van der Waals surface area contributed by atoms with Gasteiger partial charge in [0.05, 0.1) is 6.61 Å². The van der Waals surface area contributed by atoms with Gasteiger partial charge in [-0.05, 0) is 19.8 Å². The molecule has 0 saturated carbocycles. The summed E-state index contributed by atoms with van der Waals surface area (Å²) < 4.78 is 7.32. The number of aromatic nitrogens is 5. The van der Waals surface area contributed by atoms with Crippen LogP contribution in [0.3, 0.4) is 0 Å². The minimum absolute atomic E-state index is 0.337. The largest absolute Gasteiger partial charge is 0.463 e. The van der Waals surface area contributed by atoms with Gasteiger partial charge < -0.3 is 10.1 Å². The van der Waals surface area contributed by atoms with Crippen molar-refractivity contribution in [2.24, 2.45) is 0 Å².